The fourth-order valence-corrected chi connectivity index (χ4v) is 3.50. The predicted molar refractivity (Wildman–Crippen MR) is 99.2 cm³/mol. The van der Waals surface area contributed by atoms with Gasteiger partial charge in [-0.3, -0.25) is 4.79 Å². The van der Waals surface area contributed by atoms with Crippen LogP contribution in [0.1, 0.15) is 39.0 Å². The van der Waals surface area contributed by atoms with Crippen LogP contribution in [0, 0.1) is 0 Å². The van der Waals surface area contributed by atoms with Gasteiger partial charge >= 0.3 is 5.16 Å². The van der Waals surface area contributed by atoms with Gasteiger partial charge in [0, 0.05) is 11.2 Å². The van der Waals surface area contributed by atoms with Crippen molar-refractivity contribution in [2.75, 3.05) is 0 Å². The molecule has 0 fully saturated rings. The summed E-state index contributed by atoms with van der Waals surface area (Å²) in [5.74, 6) is 0. The molecule has 1 aromatic carbocycles. The molecule has 128 valence electrons. The molecule has 6 heteroatoms. The maximum Gasteiger partial charge on any atom is 0.329 e. The first-order valence-corrected chi connectivity index (χ1v) is 9.39. The number of benzene rings is 1. The highest BCUT2D eigenvalue weighted by Crippen LogP contribution is 2.29. The average Bonchev–Trinajstić information content (AvgIpc) is 2.90. The van der Waals surface area contributed by atoms with Crippen molar-refractivity contribution in [3.05, 3.63) is 46.2 Å². The number of aldehydes is 1. The van der Waals surface area contributed by atoms with E-state index in [4.69, 9.17) is 11.6 Å². The quantitative estimate of drug-likeness (QED) is 0.438. The summed E-state index contributed by atoms with van der Waals surface area (Å²) in [6.45, 7) is 7.51. The van der Waals surface area contributed by atoms with E-state index in [1.165, 1.54) is 5.56 Å². The van der Waals surface area contributed by atoms with Crippen LogP contribution in [-0.2, 0) is 22.4 Å². The Balaban J connectivity index is 2.64. The first-order chi connectivity index (χ1) is 11.4. The topological polar surface area (TPSA) is 57.9 Å². The molecule has 1 aromatic heterocycles. The minimum Gasteiger partial charge on any atom is -0.609 e. The van der Waals surface area contributed by atoms with Crippen molar-refractivity contribution in [1.82, 2.24) is 9.55 Å². The lowest BCUT2D eigenvalue weighted by molar-refractivity contribution is -0.104. The zero-order valence-corrected chi connectivity index (χ0v) is 15.8. The molecular formula is C18H21ClN2O2S. The lowest BCUT2D eigenvalue weighted by atomic mass is 10.1. The molecule has 4 nitrogen and oxygen atoms in total. The third kappa shape index (κ3) is 3.91. The third-order valence-electron chi connectivity index (χ3n) is 3.58. The molecule has 1 unspecified atom stereocenters. The van der Waals surface area contributed by atoms with Gasteiger partial charge in [-0.2, -0.15) is 4.98 Å². The number of aryl methyl sites for hydroxylation is 1. The largest absolute Gasteiger partial charge is 0.609 e. The molecule has 0 N–H and O–H groups in total. The number of halogens is 1. The summed E-state index contributed by atoms with van der Waals surface area (Å²) < 4.78 is 14.4. The molecule has 0 radical (unpaired) electrons. The van der Waals surface area contributed by atoms with E-state index < -0.39 is 11.2 Å². The summed E-state index contributed by atoms with van der Waals surface area (Å²) in [5.41, 5.74) is 2.96. The van der Waals surface area contributed by atoms with Gasteiger partial charge in [0.25, 0.3) is 0 Å². The lowest BCUT2D eigenvalue weighted by Gasteiger charge is -2.15. The fraction of sp³-hybridized carbons (Fsp3) is 0.333. The molecule has 2 rings (SSSR count). The zero-order chi connectivity index (χ0) is 17.9. The molecule has 0 aliphatic rings. The van der Waals surface area contributed by atoms with E-state index in [2.05, 4.69) is 11.9 Å². The second kappa shape index (κ2) is 8.01. The van der Waals surface area contributed by atoms with Crippen LogP contribution in [0.25, 0.3) is 11.8 Å². The number of aromatic nitrogens is 2. The van der Waals surface area contributed by atoms with Gasteiger partial charge in [-0.15, -0.1) is 0 Å². The number of hydrogen-bond donors (Lipinski definition) is 0. The van der Waals surface area contributed by atoms with Crippen LogP contribution in [0.15, 0.2) is 35.0 Å². The van der Waals surface area contributed by atoms with Gasteiger partial charge in [-0.1, -0.05) is 30.7 Å². The Bertz CT molecular complexity index is 751. The standard InChI is InChI=1S/C18H21ClN2O2S/c1-5-14-6-8-15(9-7-14)21-17(19)16(10-13(4)11-22)20-18(21)24(23)12(2)3/h6-12H,5H2,1-4H3. The van der Waals surface area contributed by atoms with Crippen molar-refractivity contribution >= 4 is 35.1 Å². The molecule has 0 aliphatic carbocycles. The van der Waals surface area contributed by atoms with E-state index in [9.17, 15) is 9.35 Å². The van der Waals surface area contributed by atoms with E-state index in [1.807, 2.05) is 38.1 Å². The summed E-state index contributed by atoms with van der Waals surface area (Å²) >= 11 is 5.18. The minimum atomic E-state index is -1.31. The van der Waals surface area contributed by atoms with Crippen LogP contribution >= 0.6 is 11.6 Å². The summed E-state index contributed by atoms with van der Waals surface area (Å²) in [6, 6.07) is 7.90. The molecule has 2 aromatic rings. The van der Waals surface area contributed by atoms with E-state index in [0.29, 0.717) is 21.6 Å². The first kappa shape index (κ1) is 18.8. The van der Waals surface area contributed by atoms with Crippen LogP contribution in [0.2, 0.25) is 5.15 Å². The SMILES string of the molecule is CCc1ccc(-n2c([S+]([O-])C(C)C)nc(C=C(C)C=O)c2Cl)cc1. The van der Waals surface area contributed by atoms with Crippen LogP contribution in [0.3, 0.4) is 0 Å². The Morgan fingerprint density at radius 2 is 2.00 bits per heavy atom. The number of carbonyl (C=O) groups excluding carboxylic acids is 1. The zero-order valence-electron chi connectivity index (χ0n) is 14.2. The van der Waals surface area contributed by atoms with Crippen LogP contribution in [-0.4, -0.2) is 25.6 Å². The Kier molecular flexibility index (Phi) is 6.27. The van der Waals surface area contributed by atoms with Crippen LogP contribution < -0.4 is 0 Å². The number of imidazole rings is 1. The van der Waals surface area contributed by atoms with Crippen molar-refractivity contribution < 1.29 is 9.35 Å². The van der Waals surface area contributed by atoms with Gasteiger partial charge in [0.2, 0.25) is 0 Å². The highest BCUT2D eigenvalue weighted by Gasteiger charge is 2.27. The highest BCUT2D eigenvalue weighted by molar-refractivity contribution is 7.91. The summed E-state index contributed by atoms with van der Waals surface area (Å²) in [7, 11) is 0. The molecule has 1 atom stereocenters. The molecule has 24 heavy (non-hydrogen) atoms. The van der Waals surface area contributed by atoms with Gasteiger partial charge in [-0.25, -0.2) is 4.57 Å². The molecule has 0 saturated carbocycles. The Labute approximate surface area is 150 Å². The summed E-state index contributed by atoms with van der Waals surface area (Å²) in [6.07, 6.45) is 3.28. The van der Waals surface area contributed by atoms with Gasteiger partial charge < -0.3 is 4.55 Å². The monoisotopic (exact) mass is 364 g/mol. The second-order valence-electron chi connectivity index (χ2n) is 5.78. The number of nitrogens with zero attached hydrogens (tertiary/aromatic N) is 2. The van der Waals surface area contributed by atoms with Gasteiger partial charge in [0.05, 0.1) is 5.69 Å². The number of hydrogen-bond acceptors (Lipinski definition) is 3. The summed E-state index contributed by atoms with van der Waals surface area (Å²) in [5, 5.41) is 0.648. The molecule has 0 amide bonds. The molecule has 0 saturated heterocycles. The smallest absolute Gasteiger partial charge is 0.329 e. The maximum absolute atomic E-state index is 12.7. The fourth-order valence-electron chi connectivity index (χ4n) is 2.19. The number of rotatable bonds is 6. The number of allylic oxidation sites excluding steroid dienone is 1. The van der Waals surface area contributed by atoms with Crippen molar-refractivity contribution in [2.24, 2.45) is 0 Å². The van der Waals surface area contributed by atoms with Gasteiger partial charge in [0.1, 0.15) is 22.4 Å². The van der Waals surface area contributed by atoms with E-state index in [1.54, 1.807) is 17.6 Å². The van der Waals surface area contributed by atoms with Crippen LogP contribution in [0.4, 0.5) is 0 Å². The van der Waals surface area contributed by atoms with Crippen molar-refractivity contribution in [1.29, 1.82) is 0 Å². The van der Waals surface area contributed by atoms with Gasteiger partial charge in [-0.05, 0) is 56.5 Å². The number of carbonyl (C=O) groups is 1. The Morgan fingerprint density at radius 3 is 2.50 bits per heavy atom. The third-order valence-corrected chi connectivity index (χ3v) is 5.43. The molecule has 0 aliphatic heterocycles. The predicted octanol–water partition coefficient (Wildman–Crippen LogP) is 4.21. The average molecular weight is 365 g/mol. The van der Waals surface area contributed by atoms with E-state index in [-0.39, 0.29) is 5.25 Å². The first-order valence-electron chi connectivity index (χ1n) is 7.80. The van der Waals surface area contributed by atoms with Crippen molar-refractivity contribution in [2.45, 2.75) is 44.5 Å². The van der Waals surface area contributed by atoms with Crippen molar-refractivity contribution in [3.8, 4) is 5.69 Å². The van der Waals surface area contributed by atoms with E-state index >= 15 is 0 Å². The normalized spacial score (nSPS) is 13.4. The Morgan fingerprint density at radius 1 is 1.38 bits per heavy atom. The van der Waals surface area contributed by atoms with Gasteiger partial charge in [0.15, 0.2) is 0 Å². The minimum absolute atomic E-state index is 0.0962. The van der Waals surface area contributed by atoms with E-state index in [0.717, 1.165) is 18.4 Å². The molecule has 0 spiro atoms. The maximum atomic E-state index is 12.7. The summed E-state index contributed by atoms with van der Waals surface area (Å²) in [4.78, 5) is 15.3. The second-order valence-corrected chi connectivity index (χ2v) is 8.04. The lowest BCUT2D eigenvalue weighted by Crippen LogP contribution is -2.19. The molecule has 0 bridgehead atoms. The molecule has 1 heterocycles. The Hall–Kier alpha value is -1.56. The molecular weight excluding hydrogens is 344 g/mol. The van der Waals surface area contributed by atoms with Crippen molar-refractivity contribution in [3.63, 3.8) is 0 Å². The van der Waals surface area contributed by atoms with Crippen LogP contribution in [0.5, 0.6) is 0 Å². The highest BCUT2D eigenvalue weighted by atomic mass is 35.5.